The van der Waals surface area contributed by atoms with Crippen LogP contribution in [0.5, 0.6) is 0 Å². The molecule has 0 aliphatic carbocycles. The highest BCUT2D eigenvalue weighted by Gasteiger charge is 2.31. The molecule has 0 amide bonds. The quantitative estimate of drug-likeness (QED) is 0.902. The van der Waals surface area contributed by atoms with Gasteiger partial charge >= 0.3 is 0 Å². The molecule has 106 valence electrons. The first kappa shape index (κ1) is 14.8. The molecule has 1 fully saturated rings. The maximum Gasteiger partial charge on any atom is 0.0503 e. The molecule has 0 spiro atoms. The van der Waals surface area contributed by atoms with E-state index in [1.54, 1.807) is 7.11 Å². The third-order valence-electron chi connectivity index (χ3n) is 3.82. The summed E-state index contributed by atoms with van der Waals surface area (Å²) in [6, 6.07) is 8.41. The van der Waals surface area contributed by atoms with Crippen LogP contribution in [0.3, 0.4) is 0 Å². The molecule has 1 aliphatic rings. The molecular formula is C15H23ClN2O. The topological polar surface area (TPSA) is 38.5 Å². The Hall–Kier alpha value is -0.610. The summed E-state index contributed by atoms with van der Waals surface area (Å²) in [7, 11) is 1.77. The van der Waals surface area contributed by atoms with Gasteiger partial charge in [-0.25, -0.2) is 0 Å². The van der Waals surface area contributed by atoms with Crippen LogP contribution in [0.15, 0.2) is 24.3 Å². The van der Waals surface area contributed by atoms with Crippen LogP contribution >= 0.6 is 11.6 Å². The Kier molecular flexibility index (Phi) is 5.22. The summed E-state index contributed by atoms with van der Waals surface area (Å²) in [6.07, 6.45) is 1.19. The van der Waals surface area contributed by atoms with Crippen molar-refractivity contribution in [2.24, 2.45) is 11.7 Å². The van der Waals surface area contributed by atoms with Gasteiger partial charge in [-0.2, -0.15) is 0 Å². The molecule has 19 heavy (non-hydrogen) atoms. The number of methoxy groups -OCH3 is 1. The predicted octanol–water partition coefficient (Wildman–Crippen LogP) is 2.70. The summed E-state index contributed by atoms with van der Waals surface area (Å²) < 4.78 is 5.26. The first-order chi connectivity index (χ1) is 9.11. The van der Waals surface area contributed by atoms with Crippen molar-refractivity contribution in [1.29, 1.82) is 0 Å². The molecule has 3 unspecified atom stereocenters. The van der Waals surface area contributed by atoms with Gasteiger partial charge in [0.2, 0.25) is 0 Å². The van der Waals surface area contributed by atoms with Crippen molar-refractivity contribution in [3.05, 3.63) is 34.9 Å². The summed E-state index contributed by atoms with van der Waals surface area (Å²) in [6.45, 7) is 5.05. The number of likely N-dealkylation sites (tertiary alicyclic amines) is 1. The number of rotatable bonds is 5. The highest BCUT2D eigenvalue weighted by molar-refractivity contribution is 6.30. The summed E-state index contributed by atoms with van der Waals surface area (Å²) in [5.41, 5.74) is 7.45. The van der Waals surface area contributed by atoms with Gasteiger partial charge in [0.15, 0.2) is 0 Å². The zero-order chi connectivity index (χ0) is 13.8. The van der Waals surface area contributed by atoms with E-state index in [9.17, 15) is 0 Å². The molecule has 1 aromatic rings. The Morgan fingerprint density at radius 2 is 2.11 bits per heavy atom. The number of ether oxygens (including phenoxy) is 1. The van der Waals surface area contributed by atoms with Crippen LogP contribution in [0.2, 0.25) is 5.02 Å². The number of halogens is 1. The normalized spacial score (nSPS) is 23.5. The molecule has 2 N–H and O–H groups in total. The standard InChI is InChI=1S/C15H23ClN2O/c1-11(17)15(13-3-5-14(16)6-4-13)18-8-7-12(9-18)10-19-2/h3-6,11-12,15H,7-10,17H2,1-2H3. The second kappa shape index (κ2) is 6.71. The van der Waals surface area contributed by atoms with Crippen molar-refractivity contribution in [2.45, 2.75) is 25.4 Å². The lowest BCUT2D eigenvalue weighted by atomic mass is 9.99. The van der Waals surface area contributed by atoms with E-state index in [2.05, 4.69) is 24.0 Å². The minimum absolute atomic E-state index is 0.0995. The largest absolute Gasteiger partial charge is 0.384 e. The van der Waals surface area contributed by atoms with Gasteiger partial charge in [0, 0.05) is 30.8 Å². The molecule has 2 rings (SSSR count). The fourth-order valence-corrected chi connectivity index (χ4v) is 3.12. The van der Waals surface area contributed by atoms with Crippen LogP contribution in [-0.4, -0.2) is 37.7 Å². The fourth-order valence-electron chi connectivity index (χ4n) is 2.99. The second-order valence-electron chi connectivity index (χ2n) is 5.46. The van der Waals surface area contributed by atoms with E-state index in [0.29, 0.717) is 5.92 Å². The third kappa shape index (κ3) is 3.69. The SMILES string of the molecule is COCC1CCN(C(c2ccc(Cl)cc2)C(C)N)C1. The summed E-state index contributed by atoms with van der Waals surface area (Å²) in [4.78, 5) is 2.47. The zero-order valence-corrected chi connectivity index (χ0v) is 12.4. The summed E-state index contributed by atoms with van der Waals surface area (Å²) in [5.74, 6) is 0.624. The van der Waals surface area contributed by atoms with Crippen molar-refractivity contribution in [2.75, 3.05) is 26.8 Å². The fraction of sp³-hybridized carbons (Fsp3) is 0.600. The Bertz CT molecular complexity index is 394. The molecule has 1 aromatic carbocycles. The third-order valence-corrected chi connectivity index (χ3v) is 4.07. The first-order valence-corrected chi connectivity index (χ1v) is 7.23. The van der Waals surface area contributed by atoms with E-state index >= 15 is 0 Å². The average molecular weight is 283 g/mol. The minimum atomic E-state index is 0.0995. The van der Waals surface area contributed by atoms with Gasteiger partial charge in [-0.1, -0.05) is 23.7 Å². The van der Waals surface area contributed by atoms with Crippen LogP contribution in [0.1, 0.15) is 24.9 Å². The number of hydrogen-bond donors (Lipinski definition) is 1. The smallest absolute Gasteiger partial charge is 0.0503 e. The van der Waals surface area contributed by atoms with Crippen molar-refractivity contribution >= 4 is 11.6 Å². The maximum atomic E-state index is 6.20. The Balaban J connectivity index is 2.11. The van der Waals surface area contributed by atoms with E-state index in [4.69, 9.17) is 22.1 Å². The molecular weight excluding hydrogens is 260 g/mol. The van der Waals surface area contributed by atoms with E-state index in [1.807, 2.05) is 12.1 Å². The van der Waals surface area contributed by atoms with Gasteiger partial charge in [-0.15, -0.1) is 0 Å². The van der Waals surface area contributed by atoms with E-state index in [-0.39, 0.29) is 12.1 Å². The Morgan fingerprint density at radius 3 is 2.68 bits per heavy atom. The molecule has 3 nitrogen and oxygen atoms in total. The summed E-state index contributed by atoms with van der Waals surface area (Å²) in [5, 5.41) is 0.769. The lowest BCUT2D eigenvalue weighted by molar-refractivity contribution is 0.143. The van der Waals surface area contributed by atoms with Crippen LogP contribution in [0.4, 0.5) is 0 Å². The summed E-state index contributed by atoms with van der Waals surface area (Å²) >= 11 is 5.96. The van der Waals surface area contributed by atoms with Crippen LogP contribution in [0, 0.1) is 5.92 Å². The predicted molar refractivity (Wildman–Crippen MR) is 79.4 cm³/mol. The Labute approximate surface area is 120 Å². The monoisotopic (exact) mass is 282 g/mol. The van der Waals surface area contributed by atoms with Gasteiger partial charge in [0.1, 0.15) is 0 Å². The zero-order valence-electron chi connectivity index (χ0n) is 11.7. The molecule has 0 radical (unpaired) electrons. The number of benzene rings is 1. The van der Waals surface area contributed by atoms with Crippen molar-refractivity contribution in [3.8, 4) is 0 Å². The Morgan fingerprint density at radius 1 is 1.42 bits per heavy atom. The van der Waals surface area contributed by atoms with Gasteiger partial charge < -0.3 is 10.5 Å². The van der Waals surface area contributed by atoms with Crippen LogP contribution < -0.4 is 5.73 Å². The van der Waals surface area contributed by atoms with Crippen molar-refractivity contribution < 1.29 is 4.74 Å². The molecule has 0 bridgehead atoms. The van der Waals surface area contributed by atoms with E-state index in [1.165, 1.54) is 12.0 Å². The molecule has 3 atom stereocenters. The highest BCUT2D eigenvalue weighted by Crippen LogP contribution is 2.30. The molecule has 1 aliphatic heterocycles. The molecule has 1 saturated heterocycles. The van der Waals surface area contributed by atoms with Gasteiger partial charge in [0.05, 0.1) is 6.61 Å². The number of nitrogens with zero attached hydrogens (tertiary/aromatic N) is 1. The van der Waals surface area contributed by atoms with Crippen molar-refractivity contribution in [3.63, 3.8) is 0 Å². The molecule has 4 heteroatoms. The van der Waals surface area contributed by atoms with E-state index in [0.717, 1.165) is 24.7 Å². The van der Waals surface area contributed by atoms with Crippen LogP contribution in [-0.2, 0) is 4.74 Å². The number of nitrogens with two attached hydrogens (primary N) is 1. The lowest BCUT2D eigenvalue weighted by Gasteiger charge is -2.31. The van der Waals surface area contributed by atoms with Gasteiger partial charge in [0.25, 0.3) is 0 Å². The van der Waals surface area contributed by atoms with E-state index < -0.39 is 0 Å². The van der Waals surface area contributed by atoms with Gasteiger partial charge in [-0.05, 0) is 43.5 Å². The molecule has 1 heterocycles. The lowest BCUT2D eigenvalue weighted by Crippen LogP contribution is -2.38. The van der Waals surface area contributed by atoms with Crippen LogP contribution in [0.25, 0.3) is 0 Å². The maximum absolute atomic E-state index is 6.20. The minimum Gasteiger partial charge on any atom is -0.384 e. The van der Waals surface area contributed by atoms with Crippen molar-refractivity contribution in [1.82, 2.24) is 4.90 Å². The molecule has 0 saturated carbocycles. The molecule has 0 aromatic heterocycles. The average Bonchev–Trinajstić information content (AvgIpc) is 2.80. The first-order valence-electron chi connectivity index (χ1n) is 6.86. The second-order valence-corrected chi connectivity index (χ2v) is 5.90. The van der Waals surface area contributed by atoms with Gasteiger partial charge in [-0.3, -0.25) is 4.90 Å². The highest BCUT2D eigenvalue weighted by atomic mass is 35.5. The number of hydrogen-bond acceptors (Lipinski definition) is 3.